The fraction of sp³-hybridized carbons (Fsp3) is 0.452. The number of aromatic nitrogens is 4. The number of H-pyrrole nitrogens is 1. The first-order valence-corrected chi connectivity index (χ1v) is 14.6. The van der Waals surface area contributed by atoms with Gasteiger partial charge < -0.3 is 29.9 Å². The van der Waals surface area contributed by atoms with Crippen LogP contribution in [-0.4, -0.2) is 87.2 Å². The van der Waals surface area contributed by atoms with Gasteiger partial charge in [0.2, 0.25) is 0 Å². The molecule has 1 amide bonds. The number of aliphatic hydroxyl groups is 1. The maximum atomic E-state index is 14.2. The topological polar surface area (TPSA) is 120 Å². The number of benzene rings is 2. The van der Waals surface area contributed by atoms with E-state index < -0.39 is 5.60 Å². The third kappa shape index (κ3) is 5.59. The number of hydrogen-bond donors (Lipinski definition) is 4. The van der Waals surface area contributed by atoms with E-state index in [0.717, 1.165) is 73.2 Å². The van der Waals surface area contributed by atoms with E-state index in [1.54, 1.807) is 13.4 Å². The molecule has 2 aromatic heterocycles. The van der Waals surface area contributed by atoms with Crippen molar-refractivity contribution in [3.05, 3.63) is 66.7 Å². The summed E-state index contributed by atoms with van der Waals surface area (Å²) in [6.45, 7) is 3.05. The molecule has 0 unspecified atom stereocenters. The van der Waals surface area contributed by atoms with Crippen LogP contribution in [-0.2, 0) is 4.74 Å². The van der Waals surface area contributed by atoms with Gasteiger partial charge in [-0.25, -0.2) is 4.98 Å². The van der Waals surface area contributed by atoms with Crippen molar-refractivity contribution in [3.63, 3.8) is 0 Å². The summed E-state index contributed by atoms with van der Waals surface area (Å²) in [6, 6.07) is 15.9. The minimum Gasteiger partial charge on any atom is -0.385 e. The van der Waals surface area contributed by atoms with Gasteiger partial charge in [0.15, 0.2) is 5.69 Å². The van der Waals surface area contributed by atoms with Crippen molar-refractivity contribution in [1.82, 2.24) is 30.0 Å². The smallest absolute Gasteiger partial charge is 0.275 e. The number of nitrogens with one attached hydrogen (secondary N) is 3. The summed E-state index contributed by atoms with van der Waals surface area (Å²) in [5.74, 6) is -0.0694. The number of carbonyl (C=O) groups excluding carboxylic acids is 1. The Morgan fingerprint density at radius 2 is 2.10 bits per heavy atom. The molecule has 10 heteroatoms. The molecule has 6 rings (SSSR count). The molecule has 41 heavy (non-hydrogen) atoms. The van der Waals surface area contributed by atoms with Gasteiger partial charge in [-0.3, -0.25) is 9.89 Å². The average molecular weight is 558 g/mol. The molecule has 1 saturated heterocycles. The van der Waals surface area contributed by atoms with Gasteiger partial charge in [0, 0.05) is 56.0 Å². The van der Waals surface area contributed by atoms with Crippen molar-refractivity contribution < 1.29 is 14.6 Å². The lowest BCUT2D eigenvalue weighted by Crippen LogP contribution is -2.54. The van der Waals surface area contributed by atoms with Gasteiger partial charge in [0.25, 0.3) is 5.91 Å². The van der Waals surface area contributed by atoms with E-state index in [4.69, 9.17) is 9.72 Å². The molecule has 4 N–H and O–H groups in total. The second kappa shape index (κ2) is 12.0. The number of nitrogens with zero attached hydrogens (tertiary/aromatic N) is 4. The van der Waals surface area contributed by atoms with Crippen molar-refractivity contribution in [2.75, 3.05) is 45.2 Å². The van der Waals surface area contributed by atoms with Crippen molar-refractivity contribution >= 4 is 22.5 Å². The minimum atomic E-state index is -1.01. The van der Waals surface area contributed by atoms with Gasteiger partial charge in [-0.2, -0.15) is 5.10 Å². The SMILES string of the molecule is COC[C@]1(O)CCCC[C@H]1n1cnc(C(=O)N2CCNC[C@H]2CCNc2ccc3[nH]ncc3c2)c1-c1ccccc1. The lowest BCUT2D eigenvalue weighted by Gasteiger charge is -2.41. The lowest BCUT2D eigenvalue weighted by molar-refractivity contribution is -0.0893. The van der Waals surface area contributed by atoms with Gasteiger partial charge in [-0.05, 0) is 37.5 Å². The number of carbonyl (C=O) groups is 1. The molecule has 3 atom stereocenters. The summed E-state index contributed by atoms with van der Waals surface area (Å²) < 4.78 is 7.49. The zero-order chi connectivity index (χ0) is 28.2. The molecule has 2 aliphatic rings. The van der Waals surface area contributed by atoms with Gasteiger partial charge in [0.1, 0.15) is 5.60 Å². The fourth-order valence-electron chi connectivity index (χ4n) is 6.51. The minimum absolute atomic E-state index is 0.0234. The van der Waals surface area contributed by atoms with Gasteiger partial charge >= 0.3 is 0 Å². The van der Waals surface area contributed by atoms with Crippen LogP contribution in [0.1, 0.15) is 48.6 Å². The Labute approximate surface area is 240 Å². The second-order valence-corrected chi connectivity index (χ2v) is 11.3. The highest BCUT2D eigenvalue weighted by molar-refractivity contribution is 5.98. The molecule has 2 fully saturated rings. The van der Waals surface area contributed by atoms with Crippen molar-refractivity contribution in [2.24, 2.45) is 0 Å². The number of hydrogen-bond acceptors (Lipinski definition) is 7. The number of piperazine rings is 1. The molecule has 0 spiro atoms. The molecule has 2 aromatic carbocycles. The number of anilines is 1. The Hall–Kier alpha value is -3.73. The molecule has 10 nitrogen and oxygen atoms in total. The molecule has 0 radical (unpaired) electrons. The van der Waals surface area contributed by atoms with Crippen LogP contribution in [0, 0.1) is 0 Å². The van der Waals surface area contributed by atoms with Gasteiger partial charge in [-0.15, -0.1) is 0 Å². The number of amides is 1. The van der Waals surface area contributed by atoms with E-state index in [2.05, 4.69) is 26.9 Å². The Kier molecular flexibility index (Phi) is 8.04. The van der Waals surface area contributed by atoms with E-state index in [1.165, 1.54) is 0 Å². The van der Waals surface area contributed by atoms with E-state index in [-0.39, 0.29) is 24.6 Å². The molecule has 0 bridgehead atoms. The first-order chi connectivity index (χ1) is 20.1. The number of methoxy groups -OCH3 is 1. The molecule has 1 aliphatic carbocycles. The zero-order valence-electron chi connectivity index (χ0n) is 23.6. The van der Waals surface area contributed by atoms with Crippen LogP contribution in [0.2, 0.25) is 0 Å². The lowest BCUT2D eigenvalue weighted by atomic mass is 9.80. The normalized spacial score (nSPS) is 23.1. The summed E-state index contributed by atoms with van der Waals surface area (Å²) in [5.41, 5.74) is 3.14. The highest BCUT2D eigenvalue weighted by Gasteiger charge is 2.42. The Morgan fingerprint density at radius 3 is 2.95 bits per heavy atom. The maximum absolute atomic E-state index is 14.2. The van der Waals surface area contributed by atoms with Crippen LogP contribution in [0.5, 0.6) is 0 Å². The monoisotopic (exact) mass is 557 g/mol. The predicted octanol–water partition coefficient (Wildman–Crippen LogP) is 3.84. The van der Waals surface area contributed by atoms with Gasteiger partial charge in [0.05, 0.1) is 36.4 Å². The Morgan fingerprint density at radius 1 is 1.22 bits per heavy atom. The quantitative estimate of drug-likeness (QED) is 0.247. The van der Waals surface area contributed by atoms with E-state index in [1.807, 2.05) is 58.1 Å². The van der Waals surface area contributed by atoms with Crippen LogP contribution < -0.4 is 10.6 Å². The van der Waals surface area contributed by atoms with Crippen LogP contribution in [0.4, 0.5) is 5.69 Å². The molecule has 1 aliphatic heterocycles. The number of aromatic amines is 1. The largest absolute Gasteiger partial charge is 0.385 e. The zero-order valence-corrected chi connectivity index (χ0v) is 23.6. The first kappa shape index (κ1) is 27.4. The van der Waals surface area contributed by atoms with Crippen molar-refractivity contribution in [1.29, 1.82) is 0 Å². The fourth-order valence-corrected chi connectivity index (χ4v) is 6.51. The number of fused-ring (bicyclic) bond motifs is 1. The van der Waals surface area contributed by atoms with Crippen molar-refractivity contribution in [3.8, 4) is 11.3 Å². The average Bonchev–Trinajstić information content (AvgIpc) is 3.65. The van der Waals surface area contributed by atoms with E-state index >= 15 is 0 Å². The molecule has 4 aromatic rings. The van der Waals surface area contributed by atoms with Gasteiger partial charge in [-0.1, -0.05) is 43.2 Å². The molecule has 216 valence electrons. The summed E-state index contributed by atoms with van der Waals surface area (Å²) in [6.07, 6.45) is 7.77. The third-order valence-corrected chi connectivity index (χ3v) is 8.59. The van der Waals surface area contributed by atoms with Crippen molar-refractivity contribution in [2.45, 2.75) is 49.8 Å². The second-order valence-electron chi connectivity index (χ2n) is 11.3. The Bertz CT molecular complexity index is 1460. The number of imidazole rings is 1. The molecular weight excluding hydrogens is 518 g/mol. The first-order valence-electron chi connectivity index (χ1n) is 14.6. The highest BCUT2D eigenvalue weighted by atomic mass is 16.5. The highest BCUT2D eigenvalue weighted by Crippen LogP contribution is 2.41. The molecule has 1 saturated carbocycles. The summed E-state index contributed by atoms with van der Waals surface area (Å²) >= 11 is 0. The van der Waals surface area contributed by atoms with Crippen LogP contribution in [0.15, 0.2) is 61.1 Å². The van der Waals surface area contributed by atoms with E-state index in [9.17, 15) is 9.90 Å². The summed E-state index contributed by atoms with van der Waals surface area (Å²) in [7, 11) is 1.62. The molecular formula is C31H39N7O3. The van der Waals surface area contributed by atoms with Crippen LogP contribution in [0.25, 0.3) is 22.2 Å². The number of rotatable bonds is 9. The number of ether oxygens (including phenoxy) is 1. The summed E-state index contributed by atoms with van der Waals surface area (Å²) in [4.78, 5) is 20.9. The molecule has 3 heterocycles. The van der Waals surface area contributed by atoms with E-state index in [0.29, 0.717) is 18.7 Å². The third-order valence-electron chi connectivity index (χ3n) is 8.59. The van der Waals surface area contributed by atoms with Crippen LogP contribution >= 0.6 is 0 Å². The van der Waals surface area contributed by atoms with Crippen LogP contribution in [0.3, 0.4) is 0 Å². The summed E-state index contributed by atoms with van der Waals surface area (Å²) in [5, 5.41) is 26.8. The standard InChI is InChI=1S/C31H39N7O3/c1-41-20-31(40)13-6-5-9-27(31)38-21-34-28(29(38)22-7-3-2-4-8-22)30(39)37-16-15-32-19-25(37)12-14-33-24-10-11-26-23(17-24)18-35-36-26/h2-4,7-8,10-11,17-18,21,25,27,32-33,40H,5-6,9,12-16,19-20H2,1H3,(H,35,36)/t25-,27-,31-/m1/s1. The predicted molar refractivity (Wildman–Crippen MR) is 159 cm³/mol. The Balaban J connectivity index is 1.25. The maximum Gasteiger partial charge on any atom is 0.275 e.